The highest BCUT2D eigenvalue weighted by molar-refractivity contribution is 7.45. The zero-order valence-electron chi connectivity index (χ0n) is 50.3. The number of carbonyl (C=O) groups excluding carboxylic acids is 2. The van der Waals surface area contributed by atoms with Gasteiger partial charge in [0.25, 0.3) is 7.82 Å². The fraction of sp³-hybridized carbons (Fsp3) is 0.846. The highest BCUT2D eigenvalue weighted by Gasteiger charge is 2.27. The molecule has 0 aromatic rings. The SMILES string of the molecule is CCCCC/C=C\C/C=C\CCCCCCCCCCCCCCCCCC(=O)NC(COP(=O)([O-])OCC[N+](C)(C)C)C(/C=C\CCCCCCCCCCC)OC(=O)CCCCC/C=C\CCCCCCCC. The number of hydrogen-bond donors (Lipinski definition) is 1. The molecule has 3 unspecified atom stereocenters. The van der Waals surface area contributed by atoms with Crippen molar-refractivity contribution in [3.05, 3.63) is 48.6 Å². The number of nitrogens with zero attached hydrogens (tertiary/aromatic N) is 1. The van der Waals surface area contributed by atoms with Gasteiger partial charge in [-0.25, -0.2) is 0 Å². The monoisotopic (exact) mass is 1070 g/mol. The number of amides is 1. The summed E-state index contributed by atoms with van der Waals surface area (Å²) in [6.45, 7) is 6.82. The molecule has 1 amide bonds. The van der Waals surface area contributed by atoms with Crippen LogP contribution < -0.4 is 10.2 Å². The second-order valence-electron chi connectivity index (χ2n) is 22.9. The van der Waals surface area contributed by atoms with Gasteiger partial charge < -0.3 is 28.5 Å². The van der Waals surface area contributed by atoms with Crippen molar-refractivity contribution >= 4 is 19.7 Å². The largest absolute Gasteiger partial charge is 0.756 e. The molecule has 0 saturated carbocycles. The van der Waals surface area contributed by atoms with E-state index < -0.39 is 26.6 Å². The molecular weight excluding hydrogens is 952 g/mol. The fourth-order valence-electron chi connectivity index (χ4n) is 9.25. The maximum absolute atomic E-state index is 13.5. The van der Waals surface area contributed by atoms with Gasteiger partial charge in [-0.2, -0.15) is 0 Å². The maximum Gasteiger partial charge on any atom is 0.306 e. The van der Waals surface area contributed by atoms with Crippen molar-refractivity contribution in [2.45, 2.75) is 315 Å². The first kappa shape index (κ1) is 73.0. The van der Waals surface area contributed by atoms with E-state index in [2.05, 4.69) is 62.5 Å². The first-order valence-electron chi connectivity index (χ1n) is 31.9. The van der Waals surface area contributed by atoms with E-state index in [0.29, 0.717) is 23.9 Å². The smallest absolute Gasteiger partial charge is 0.306 e. The normalized spacial score (nSPS) is 14.0. The van der Waals surface area contributed by atoms with Crippen molar-refractivity contribution in [1.82, 2.24) is 5.32 Å². The molecule has 440 valence electrons. The molecule has 0 rings (SSSR count). The van der Waals surface area contributed by atoms with E-state index in [9.17, 15) is 19.0 Å². The van der Waals surface area contributed by atoms with Gasteiger partial charge in [0.2, 0.25) is 5.91 Å². The van der Waals surface area contributed by atoms with Crippen LogP contribution in [0.2, 0.25) is 0 Å². The highest BCUT2D eigenvalue weighted by Crippen LogP contribution is 2.38. The summed E-state index contributed by atoms with van der Waals surface area (Å²) in [5, 5.41) is 3.03. The predicted octanol–water partition coefficient (Wildman–Crippen LogP) is 19.0. The Morgan fingerprint density at radius 1 is 0.467 bits per heavy atom. The standard InChI is InChI=1S/C65H123N2O7P/c1-7-10-13-16-19-22-25-27-28-29-30-31-32-33-34-35-36-37-38-40-42-45-48-51-54-57-64(68)66-62(61-73-75(70,71)72-60-59-67(4,5)6)63(56-53-50-47-44-41-24-21-18-15-12-9-3)74-65(69)58-55-52-49-46-43-39-26-23-20-17-14-11-8-2/h19,22,27-28,39,43,53,56,62-63H,7-18,20-21,23-26,29-38,40-42,44-52,54-55,57-61H2,1-6H3,(H-,66,68,70,71)/b22-19-,28-27-,43-39-,56-53-. The van der Waals surface area contributed by atoms with Gasteiger partial charge in [-0.3, -0.25) is 14.2 Å². The molecular formula is C65H123N2O7P. The molecule has 9 nitrogen and oxygen atoms in total. The van der Waals surface area contributed by atoms with E-state index in [-0.39, 0.29) is 24.9 Å². The number of phosphoric ester groups is 1. The van der Waals surface area contributed by atoms with Crippen LogP contribution in [0.25, 0.3) is 0 Å². The molecule has 0 aromatic heterocycles. The molecule has 1 N–H and O–H groups in total. The van der Waals surface area contributed by atoms with Gasteiger partial charge in [-0.05, 0) is 89.5 Å². The Kier molecular flexibility index (Phi) is 53.8. The van der Waals surface area contributed by atoms with E-state index in [1.165, 1.54) is 193 Å². The van der Waals surface area contributed by atoms with Crippen molar-refractivity contribution < 1.29 is 37.3 Å². The number of rotatable bonds is 58. The van der Waals surface area contributed by atoms with Crippen LogP contribution in [0, 0.1) is 0 Å². The van der Waals surface area contributed by atoms with Crippen LogP contribution in [0.15, 0.2) is 48.6 Å². The molecule has 0 bridgehead atoms. The van der Waals surface area contributed by atoms with Crippen molar-refractivity contribution in [3.63, 3.8) is 0 Å². The molecule has 75 heavy (non-hydrogen) atoms. The minimum atomic E-state index is -4.70. The number of carbonyl (C=O) groups is 2. The fourth-order valence-corrected chi connectivity index (χ4v) is 9.98. The third-order valence-corrected chi connectivity index (χ3v) is 15.2. The minimum Gasteiger partial charge on any atom is -0.756 e. The number of ether oxygens (including phenoxy) is 1. The van der Waals surface area contributed by atoms with Gasteiger partial charge in [-0.15, -0.1) is 0 Å². The van der Waals surface area contributed by atoms with Gasteiger partial charge in [0.1, 0.15) is 19.3 Å². The Labute approximate surface area is 465 Å². The first-order chi connectivity index (χ1) is 36.4. The molecule has 0 spiro atoms. The number of nitrogens with one attached hydrogen (secondary N) is 1. The third kappa shape index (κ3) is 56.5. The lowest BCUT2D eigenvalue weighted by molar-refractivity contribution is -0.870. The summed E-state index contributed by atoms with van der Waals surface area (Å²) >= 11 is 0. The minimum absolute atomic E-state index is 0.0235. The molecule has 0 fully saturated rings. The van der Waals surface area contributed by atoms with Crippen LogP contribution in [0.4, 0.5) is 0 Å². The second kappa shape index (κ2) is 55.3. The van der Waals surface area contributed by atoms with Crippen molar-refractivity contribution in [2.75, 3.05) is 40.9 Å². The molecule has 0 aromatic carbocycles. The Balaban J connectivity index is 5.05. The van der Waals surface area contributed by atoms with E-state index in [1.54, 1.807) is 0 Å². The van der Waals surface area contributed by atoms with Gasteiger partial charge in [0.15, 0.2) is 0 Å². The molecule has 0 aliphatic rings. The van der Waals surface area contributed by atoms with Crippen LogP contribution in [0.5, 0.6) is 0 Å². The lowest BCUT2D eigenvalue weighted by Gasteiger charge is -2.30. The van der Waals surface area contributed by atoms with Gasteiger partial charge in [0, 0.05) is 12.8 Å². The van der Waals surface area contributed by atoms with E-state index >= 15 is 0 Å². The summed E-state index contributed by atoms with van der Waals surface area (Å²) in [5.74, 6) is -0.551. The number of unbranched alkanes of at least 4 members (excludes halogenated alkanes) is 36. The number of hydrogen-bond acceptors (Lipinski definition) is 7. The lowest BCUT2D eigenvalue weighted by Crippen LogP contribution is -2.47. The lowest BCUT2D eigenvalue weighted by atomic mass is 10.0. The Morgan fingerprint density at radius 2 is 0.813 bits per heavy atom. The number of esters is 1. The van der Waals surface area contributed by atoms with Crippen molar-refractivity contribution in [2.24, 2.45) is 0 Å². The van der Waals surface area contributed by atoms with Crippen molar-refractivity contribution in [3.8, 4) is 0 Å². The van der Waals surface area contributed by atoms with Crippen LogP contribution in [-0.2, 0) is 27.9 Å². The number of quaternary nitrogens is 1. The zero-order chi connectivity index (χ0) is 55.0. The quantitative estimate of drug-likeness (QED) is 0.0212. The number of likely N-dealkylation sites (N-methyl/N-ethyl adjacent to an activating group) is 1. The predicted molar refractivity (Wildman–Crippen MR) is 321 cm³/mol. The summed E-state index contributed by atoms with van der Waals surface area (Å²) in [6.07, 6.45) is 68.0. The Hall–Kier alpha value is -2.03. The summed E-state index contributed by atoms with van der Waals surface area (Å²) in [5.41, 5.74) is 0. The van der Waals surface area contributed by atoms with Gasteiger partial charge >= 0.3 is 5.97 Å². The van der Waals surface area contributed by atoms with Crippen LogP contribution >= 0.6 is 7.82 Å². The average Bonchev–Trinajstić information content (AvgIpc) is 3.37. The number of phosphoric acid groups is 1. The molecule has 0 aliphatic heterocycles. The van der Waals surface area contributed by atoms with Gasteiger partial charge in [-0.1, -0.05) is 250 Å². The topological polar surface area (TPSA) is 114 Å². The first-order valence-corrected chi connectivity index (χ1v) is 33.4. The zero-order valence-corrected chi connectivity index (χ0v) is 51.2. The molecule has 0 radical (unpaired) electrons. The highest BCUT2D eigenvalue weighted by atomic mass is 31.2. The molecule has 0 heterocycles. The van der Waals surface area contributed by atoms with Crippen LogP contribution in [-0.4, -0.2) is 69.4 Å². The molecule has 10 heteroatoms. The summed E-state index contributed by atoms with van der Waals surface area (Å²) in [7, 11) is 1.18. The second-order valence-corrected chi connectivity index (χ2v) is 24.3. The maximum atomic E-state index is 13.5. The average molecular weight is 1080 g/mol. The summed E-state index contributed by atoms with van der Waals surface area (Å²) < 4.78 is 30.3. The van der Waals surface area contributed by atoms with E-state index in [0.717, 1.165) is 70.6 Å². The van der Waals surface area contributed by atoms with E-state index in [4.69, 9.17) is 13.8 Å². The number of allylic oxidation sites excluding steroid dienone is 7. The van der Waals surface area contributed by atoms with Crippen LogP contribution in [0.3, 0.4) is 0 Å². The molecule has 0 saturated heterocycles. The molecule has 0 aliphatic carbocycles. The molecule has 3 atom stereocenters. The Morgan fingerprint density at radius 3 is 1.25 bits per heavy atom. The van der Waals surface area contributed by atoms with Crippen molar-refractivity contribution in [1.29, 1.82) is 0 Å². The Bertz CT molecular complexity index is 1420. The summed E-state index contributed by atoms with van der Waals surface area (Å²) in [6, 6.07) is -0.892. The van der Waals surface area contributed by atoms with Crippen LogP contribution in [0.1, 0.15) is 303 Å². The summed E-state index contributed by atoms with van der Waals surface area (Å²) in [4.78, 5) is 39.9. The third-order valence-electron chi connectivity index (χ3n) is 14.2. The van der Waals surface area contributed by atoms with Gasteiger partial charge in [0.05, 0.1) is 33.8 Å². The van der Waals surface area contributed by atoms with E-state index in [1.807, 2.05) is 33.3 Å².